The highest BCUT2D eigenvalue weighted by Gasteiger charge is 2.22. The number of H-pyrrole nitrogens is 1. The second-order valence-corrected chi connectivity index (χ2v) is 6.93. The lowest BCUT2D eigenvalue weighted by Gasteiger charge is -2.20. The van der Waals surface area contributed by atoms with E-state index >= 15 is 0 Å². The Morgan fingerprint density at radius 3 is 2.78 bits per heavy atom. The second kappa shape index (κ2) is 7.47. The van der Waals surface area contributed by atoms with Crippen LogP contribution in [0.15, 0.2) is 67.3 Å². The first-order chi connectivity index (χ1) is 13.1. The molecule has 4 rings (SSSR count). The largest absolute Gasteiger partial charge is 0.451 e. The van der Waals surface area contributed by atoms with E-state index in [2.05, 4.69) is 9.97 Å². The van der Waals surface area contributed by atoms with Gasteiger partial charge in [0.1, 0.15) is 11.8 Å². The topological polar surface area (TPSA) is 59.9 Å². The van der Waals surface area contributed by atoms with Crippen molar-refractivity contribution in [1.82, 2.24) is 14.5 Å². The number of hydrogen-bond donors (Lipinski definition) is 1. The second-order valence-electron chi connectivity index (χ2n) is 6.09. The summed E-state index contributed by atoms with van der Waals surface area (Å²) in [6, 6.07) is 14.6. The summed E-state index contributed by atoms with van der Waals surface area (Å²) in [5.41, 5.74) is 1.94. The molecular formula is C20H15Cl2N3O2. The number of nitrogens with zero attached hydrogens (tertiary/aromatic N) is 2. The molecule has 0 amide bonds. The van der Waals surface area contributed by atoms with Crippen LogP contribution in [0.4, 0.5) is 0 Å². The predicted molar refractivity (Wildman–Crippen MR) is 105 cm³/mol. The summed E-state index contributed by atoms with van der Waals surface area (Å²) in [5.74, 6) is -0.456. The molecule has 5 nitrogen and oxygen atoms in total. The van der Waals surface area contributed by atoms with E-state index in [1.54, 1.807) is 43.0 Å². The van der Waals surface area contributed by atoms with Gasteiger partial charge in [-0.3, -0.25) is 0 Å². The number of carbonyl (C=O) groups is 1. The van der Waals surface area contributed by atoms with Crippen molar-refractivity contribution in [2.24, 2.45) is 0 Å². The number of para-hydroxylation sites is 1. The van der Waals surface area contributed by atoms with E-state index in [0.717, 1.165) is 10.9 Å². The van der Waals surface area contributed by atoms with Crippen molar-refractivity contribution in [1.29, 1.82) is 0 Å². The Kier molecular flexibility index (Phi) is 4.88. The standard InChI is InChI=1S/C20H15Cl2N3O2/c21-14-5-6-15(16(22)10-14)19(11-25-8-7-23-12-25)27-20(26)18-9-13-3-1-2-4-17(13)24-18/h1-10,12,19,24H,11H2. The number of benzene rings is 2. The summed E-state index contributed by atoms with van der Waals surface area (Å²) in [7, 11) is 0. The molecule has 1 unspecified atom stereocenters. The first kappa shape index (κ1) is 17.6. The van der Waals surface area contributed by atoms with Crippen molar-refractivity contribution in [2.45, 2.75) is 12.6 Å². The van der Waals surface area contributed by atoms with Gasteiger partial charge in [0, 0.05) is 38.9 Å². The third kappa shape index (κ3) is 3.84. The zero-order valence-electron chi connectivity index (χ0n) is 14.1. The number of fused-ring (bicyclic) bond motifs is 1. The van der Waals surface area contributed by atoms with E-state index < -0.39 is 12.1 Å². The van der Waals surface area contributed by atoms with E-state index in [9.17, 15) is 4.79 Å². The molecule has 2 aromatic heterocycles. The number of imidazole rings is 1. The Morgan fingerprint density at radius 1 is 1.19 bits per heavy atom. The zero-order chi connectivity index (χ0) is 18.8. The summed E-state index contributed by atoms with van der Waals surface area (Å²) in [6.45, 7) is 0.382. The van der Waals surface area contributed by atoms with E-state index in [-0.39, 0.29) is 0 Å². The number of ether oxygens (including phenoxy) is 1. The number of aromatic amines is 1. The van der Waals surface area contributed by atoms with Crippen LogP contribution in [-0.4, -0.2) is 20.5 Å². The van der Waals surface area contributed by atoms with Crippen molar-refractivity contribution in [3.63, 3.8) is 0 Å². The van der Waals surface area contributed by atoms with E-state index in [0.29, 0.717) is 27.8 Å². The lowest BCUT2D eigenvalue weighted by Crippen LogP contribution is -2.17. The normalized spacial score (nSPS) is 12.2. The predicted octanol–water partition coefficient (Wildman–Crippen LogP) is 5.27. The number of rotatable bonds is 5. The highest BCUT2D eigenvalue weighted by atomic mass is 35.5. The average Bonchev–Trinajstić information content (AvgIpc) is 3.30. The molecule has 0 bridgehead atoms. The minimum Gasteiger partial charge on any atom is -0.451 e. The molecule has 27 heavy (non-hydrogen) atoms. The molecule has 0 spiro atoms. The van der Waals surface area contributed by atoms with E-state index in [4.69, 9.17) is 27.9 Å². The number of carbonyl (C=O) groups excluding carboxylic acids is 1. The summed E-state index contributed by atoms with van der Waals surface area (Å²) in [6.07, 6.45) is 4.53. The van der Waals surface area contributed by atoms with Gasteiger partial charge < -0.3 is 14.3 Å². The molecule has 0 radical (unpaired) electrons. The van der Waals surface area contributed by atoms with Crippen LogP contribution >= 0.6 is 23.2 Å². The van der Waals surface area contributed by atoms with Gasteiger partial charge >= 0.3 is 5.97 Å². The molecule has 7 heteroatoms. The quantitative estimate of drug-likeness (QED) is 0.465. The lowest BCUT2D eigenvalue weighted by molar-refractivity contribution is 0.0249. The van der Waals surface area contributed by atoms with Crippen molar-refractivity contribution < 1.29 is 9.53 Å². The number of aromatic nitrogens is 3. The van der Waals surface area contributed by atoms with Gasteiger partial charge in [-0.25, -0.2) is 9.78 Å². The number of hydrogen-bond acceptors (Lipinski definition) is 3. The fourth-order valence-electron chi connectivity index (χ4n) is 2.92. The SMILES string of the molecule is O=C(OC(Cn1ccnc1)c1ccc(Cl)cc1Cl)c1cc2ccccc2[nH]1. The smallest absolute Gasteiger partial charge is 0.355 e. The molecule has 0 aliphatic rings. The van der Waals surface area contributed by atoms with Crippen molar-refractivity contribution in [3.05, 3.63) is 88.6 Å². The molecular weight excluding hydrogens is 385 g/mol. The van der Waals surface area contributed by atoms with Gasteiger partial charge in [-0.05, 0) is 24.3 Å². The van der Waals surface area contributed by atoms with Crippen LogP contribution in [0.3, 0.4) is 0 Å². The molecule has 0 aliphatic heterocycles. The maximum atomic E-state index is 12.8. The minimum absolute atomic E-state index is 0.382. The van der Waals surface area contributed by atoms with Gasteiger partial charge in [0.2, 0.25) is 0 Å². The van der Waals surface area contributed by atoms with Crippen LogP contribution in [0.1, 0.15) is 22.2 Å². The number of halogens is 2. The molecule has 136 valence electrons. The van der Waals surface area contributed by atoms with Crippen molar-refractivity contribution in [3.8, 4) is 0 Å². The van der Waals surface area contributed by atoms with Crippen LogP contribution in [0, 0.1) is 0 Å². The lowest BCUT2D eigenvalue weighted by atomic mass is 10.1. The fourth-order valence-corrected chi connectivity index (χ4v) is 3.45. The first-order valence-corrected chi connectivity index (χ1v) is 9.05. The zero-order valence-corrected chi connectivity index (χ0v) is 15.6. The van der Waals surface area contributed by atoms with Crippen LogP contribution in [0.5, 0.6) is 0 Å². The Morgan fingerprint density at radius 2 is 2.04 bits per heavy atom. The van der Waals surface area contributed by atoms with Gasteiger partial charge in [0.05, 0.1) is 12.9 Å². The molecule has 1 N–H and O–H groups in total. The highest BCUT2D eigenvalue weighted by Crippen LogP contribution is 2.30. The van der Waals surface area contributed by atoms with Gasteiger partial charge in [-0.2, -0.15) is 0 Å². The summed E-state index contributed by atoms with van der Waals surface area (Å²) >= 11 is 12.3. The Bertz CT molecular complexity index is 1060. The monoisotopic (exact) mass is 399 g/mol. The van der Waals surface area contributed by atoms with Gasteiger partial charge in [0.15, 0.2) is 0 Å². The Labute approximate surface area is 165 Å². The van der Waals surface area contributed by atoms with Crippen LogP contribution in [-0.2, 0) is 11.3 Å². The maximum absolute atomic E-state index is 12.8. The van der Waals surface area contributed by atoms with Gasteiger partial charge in [0.25, 0.3) is 0 Å². The average molecular weight is 400 g/mol. The molecule has 1 atom stereocenters. The molecule has 0 fully saturated rings. The number of nitrogens with one attached hydrogen (secondary N) is 1. The molecule has 2 aromatic carbocycles. The minimum atomic E-state index is -0.595. The van der Waals surface area contributed by atoms with E-state index in [1.165, 1.54) is 0 Å². The molecule has 0 saturated heterocycles. The molecule has 0 aliphatic carbocycles. The van der Waals surface area contributed by atoms with Crippen LogP contribution in [0.25, 0.3) is 10.9 Å². The third-order valence-corrected chi connectivity index (χ3v) is 4.81. The molecule has 4 aromatic rings. The van der Waals surface area contributed by atoms with Gasteiger partial charge in [-0.15, -0.1) is 0 Å². The third-order valence-electron chi connectivity index (χ3n) is 4.24. The van der Waals surface area contributed by atoms with Crippen molar-refractivity contribution in [2.75, 3.05) is 0 Å². The number of esters is 1. The first-order valence-electron chi connectivity index (χ1n) is 8.29. The maximum Gasteiger partial charge on any atom is 0.355 e. The molecule has 0 saturated carbocycles. The van der Waals surface area contributed by atoms with Crippen LogP contribution < -0.4 is 0 Å². The van der Waals surface area contributed by atoms with Crippen molar-refractivity contribution >= 4 is 40.1 Å². The highest BCUT2D eigenvalue weighted by molar-refractivity contribution is 6.35. The summed E-state index contributed by atoms with van der Waals surface area (Å²) < 4.78 is 7.63. The summed E-state index contributed by atoms with van der Waals surface area (Å²) in [5, 5.41) is 1.91. The van der Waals surface area contributed by atoms with E-state index in [1.807, 2.05) is 28.8 Å². The molecule has 2 heterocycles. The summed E-state index contributed by atoms with van der Waals surface area (Å²) in [4.78, 5) is 19.9. The van der Waals surface area contributed by atoms with Crippen LogP contribution in [0.2, 0.25) is 10.0 Å². The Hall–Kier alpha value is -2.76. The fraction of sp³-hybridized carbons (Fsp3) is 0.100. The van der Waals surface area contributed by atoms with Gasteiger partial charge in [-0.1, -0.05) is 47.5 Å². The Balaban J connectivity index is 1.64.